The lowest BCUT2D eigenvalue weighted by Crippen LogP contribution is -2.07. The van der Waals surface area contributed by atoms with Crippen molar-refractivity contribution in [1.82, 2.24) is 0 Å². The Morgan fingerprint density at radius 1 is 1.00 bits per heavy atom. The Hall–Kier alpha value is -2.55. The first-order valence-electron chi connectivity index (χ1n) is 7.38. The summed E-state index contributed by atoms with van der Waals surface area (Å²) in [6.45, 7) is 6.66. The molecule has 22 heavy (non-hydrogen) atoms. The molecule has 0 radical (unpaired) electrons. The maximum absolute atomic E-state index is 11.9. The molecule has 112 valence electrons. The highest BCUT2D eigenvalue weighted by Crippen LogP contribution is 2.24. The molecular formula is C19H19NO2. The van der Waals surface area contributed by atoms with Gasteiger partial charge in [-0.25, -0.2) is 4.79 Å². The van der Waals surface area contributed by atoms with Crippen molar-refractivity contribution >= 4 is 16.7 Å². The van der Waals surface area contributed by atoms with Crippen LogP contribution in [0.5, 0.6) is 0 Å². The molecule has 0 amide bonds. The van der Waals surface area contributed by atoms with Gasteiger partial charge in [0, 0.05) is 23.7 Å². The SMILES string of the molecule is Cc1ccccc1NCc1cc(=O)oc2c(C)c(C)ccc12. The fourth-order valence-electron chi connectivity index (χ4n) is 2.63. The summed E-state index contributed by atoms with van der Waals surface area (Å²) in [5, 5.41) is 4.39. The lowest BCUT2D eigenvalue weighted by atomic mass is 10.0. The van der Waals surface area contributed by atoms with Crippen LogP contribution < -0.4 is 10.9 Å². The number of fused-ring (bicyclic) bond motifs is 1. The minimum atomic E-state index is -0.303. The van der Waals surface area contributed by atoms with Crippen LogP contribution in [0.3, 0.4) is 0 Å². The molecule has 3 aromatic rings. The topological polar surface area (TPSA) is 42.2 Å². The van der Waals surface area contributed by atoms with Crippen molar-refractivity contribution < 1.29 is 4.42 Å². The highest BCUT2D eigenvalue weighted by molar-refractivity contribution is 5.84. The number of nitrogens with one attached hydrogen (secondary N) is 1. The van der Waals surface area contributed by atoms with Crippen LogP contribution >= 0.6 is 0 Å². The number of hydrogen-bond donors (Lipinski definition) is 1. The van der Waals surface area contributed by atoms with Gasteiger partial charge in [-0.3, -0.25) is 0 Å². The van der Waals surface area contributed by atoms with Crippen molar-refractivity contribution in [3.63, 3.8) is 0 Å². The zero-order valence-corrected chi connectivity index (χ0v) is 13.1. The van der Waals surface area contributed by atoms with Gasteiger partial charge in [0.2, 0.25) is 0 Å². The van der Waals surface area contributed by atoms with E-state index in [-0.39, 0.29) is 5.63 Å². The van der Waals surface area contributed by atoms with Crippen LogP contribution in [0.1, 0.15) is 22.3 Å². The molecule has 0 aliphatic carbocycles. The molecule has 0 saturated heterocycles. The lowest BCUT2D eigenvalue weighted by molar-refractivity contribution is 0.556. The summed E-state index contributed by atoms with van der Waals surface area (Å²) >= 11 is 0. The van der Waals surface area contributed by atoms with E-state index in [2.05, 4.69) is 24.4 Å². The molecule has 1 heterocycles. The summed E-state index contributed by atoms with van der Waals surface area (Å²) in [5.41, 5.74) is 5.75. The van der Waals surface area contributed by atoms with E-state index in [1.165, 1.54) is 5.56 Å². The summed E-state index contributed by atoms with van der Waals surface area (Å²) in [5.74, 6) is 0. The van der Waals surface area contributed by atoms with Crippen molar-refractivity contribution in [2.24, 2.45) is 0 Å². The van der Waals surface area contributed by atoms with Crippen molar-refractivity contribution in [2.75, 3.05) is 5.32 Å². The monoisotopic (exact) mass is 293 g/mol. The number of para-hydroxylation sites is 1. The molecule has 0 aliphatic rings. The molecule has 0 aliphatic heterocycles. The van der Waals surface area contributed by atoms with Crippen molar-refractivity contribution in [3.8, 4) is 0 Å². The molecule has 3 nitrogen and oxygen atoms in total. The first-order valence-corrected chi connectivity index (χ1v) is 7.38. The summed E-state index contributed by atoms with van der Waals surface area (Å²) in [7, 11) is 0. The van der Waals surface area contributed by atoms with E-state index in [0.29, 0.717) is 12.1 Å². The van der Waals surface area contributed by atoms with Crippen LogP contribution in [0.25, 0.3) is 11.0 Å². The zero-order valence-electron chi connectivity index (χ0n) is 13.1. The number of benzene rings is 2. The van der Waals surface area contributed by atoms with E-state index < -0.39 is 0 Å². The molecule has 0 spiro atoms. The molecule has 0 fully saturated rings. The average Bonchev–Trinajstić information content (AvgIpc) is 2.50. The van der Waals surface area contributed by atoms with Crippen LogP contribution in [-0.2, 0) is 6.54 Å². The second-order valence-electron chi connectivity index (χ2n) is 5.64. The lowest BCUT2D eigenvalue weighted by Gasteiger charge is -2.12. The van der Waals surface area contributed by atoms with Gasteiger partial charge in [0.25, 0.3) is 0 Å². The Bertz CT molecular complexity index is 894. The predicted molar refractivity (Wildman–Crippen MR) is 90.5 cm³/mol. The van der Waals surface area contributed by atoms with Gasteiger partial charge in [0.1, 0.15) is 5.58 Å². The van der Waals surface area contributed by atoms with Crippen LogP contribution in [0.15, 0.2) is 51.7 Å². The maximum atomic E-state index is 11.9. The molecule has 3 heteroatoms. The molecule has 0 bridgehead atoms. The minimum absolute atomic E-state index is 0.303. The fourth-order valence-corrected chi connectivity index (χ4v) is 2.63. The number of aryl methyl sites for hydroxylation is 3. The van der Waals surface area contributed by atoms with E-state index >= 15 is 0 Å². The molecule has 0 atom stereocenters. The van der Waals surface area contributed by atoms with Crippen molar-refractivity contribution in [3.05, 3.63) is 75.1 Å². The van der Waals surface area contributed by atoms with Gasteiger partial charge in [-0.2, -0.15) is 0 Å². The quantitative estimate of drug-likeness (QED) is 0.731. The molecular weight excluding hydrogens is 274 g/mol. The second-order valence-corrected chi connectivity index (χ2v) is 5.64. The van der Waals surface area contributed by atoms with Crippen LogP contribution in [0, 0.1) is 20.8 Å². The normalized spacial score (nSPS) is 10.9. The van der Waals surface area contributed by atoms with Crippen LogP contribution in [0.4, 0.5) is 5.69 Å². The van der Waals surface area contributed by atoms with E-state index in [1.807, 2.05) is 38.1 Å². The van der Waals surface area contributed by atoms with Crippen molar-refractivity contribution in [2.45, 2.75) is 27.3 Å². The smallest absolute Gasteiger partial charge is 0.336 e. The Morgan fingerprint density at radius 3 is 2.55 bits per heavy atom. The Balaban J connectivity index is 2.02. The third-order valence-corrected chi connectivity index (χ3v) is 4.13. The Labute approximate surface area is 129 Å². The van der Waals surface area contributed by atoms with Gasteiger partial charge in [-0.05, 0) is 49.1 Å². The second kappa shape index (κ2) is 5.68. The third-order valence-electron chi connectivity index (χ3n) is 4.13. The standard InChI is InChI=1S/C19H19NO2/c1-12-8-9-16-15(10-18(21)22-19(16)14(12)3)11-20-17-7-5-4-6-13(17)2/h4-10,20H,11H2,1-3H3. The zero-order chi connectivity index (χ0) is 15.7. The van der Waals surface area contributed by atoms with Gasteiger partial charge < -0.3 is 9.73 Å². The summed E-state index contributed by atoms with van der Waals surface area (Å²) in [6.07, 6.45) is 0. The molecule has 2 aromatic carbocycles. The minimum Gasteiger partial charge on any atom is -0.422 e. The Kier molecular flexibility index (Phi) is 3.72. The molecule has 1 N–H and O–H groups in total. The van der Waals surface area contributed by atoms with Gasteiger partial charge in [-0.1, -0.05) is 30.3 Å². The highest BCUT2D eigenvalue weighted by Gasteiger charge is 2.09. The van der Waals surface area contributed by atoms with Gasteiger partial charge in [0.15, 0.2) is 0 Å². The molecule has 0 saturated carbocycles. The fraction of sp³-hybridized carbons (Fsp3) is 0.211. The Morgan fingerprint density at radius 2 is 1.77 bits per heavy atom. The largest absolute Gasteiger partial charge is 0.422 e. The molecule has 1 aromatic heterocycles. The maximum Gasteiger partial charge on any atom is 0.336 e. The highest BCUT2D eigenvalue weighted by atomic mass is 16.4. The van der Waals surface area contributed by atoms with Crippen LogP contribution in [-0.4, -0.2) is 0 Å². The van der Waals surface area contributed by atoms with E-state index in [0.717, 1.165) is 27.8 Å². The van der Waals surface area contributed by atoms with Gasteiger partial charge in [0.05, 0.1) is 0 Å². The summed E-state index contributed by atoms with van der Waals surface area (Å²) in [4.78, 5) is 11.9. The molecule has 0 unspecified atom stereocenters. The number of anilines is 1. The van der Waals surface area contributed by atoms with Crippen LogP contribution in [0.2, 0.25) is 0 Å². The average molecular weight is 293 g/mol. The van der Waals surface area contributed by atoms with Crippen molar-refractivity contribution in [1.29, 1.82) is 0 Å². The number of hydrogen-bond acceptors (Lipinski definition) is 3. The summed E-state index contributed by atoms with van der Waals surface area (Å²) in [6, 6.07) is 13.8. The van der Waals surface area contributed by atoms with E-state index in [4.69, 9.17) is 4.42 Å². The van der Waals surface area contributed by atoms with Gasteiger partial charge in [-0.15, -0.1) is 0 Å². The first-order chi connectivity index (χ1) is 10.6. The third kappa shape index (κ3) is 2.62. The summed E-state index contributed by atoms with van der Waals surface area (Å²) < 4.78 is 5.41. The molecule has 3 rings (SSSR count). The predicted octanol–water partition coefficient (Wildman–Crippen LogP) is 4.33. The van der Waals surface area contributed by atoms with E-state index in [1.54, 1.807) is 6.07 Å². The number of rotatable bonds is 3. The van der Waals surface area contributed by atoms with E-state index in [9.17, 15) is 4.79 Å². The van der Waals surface area contributed by atoms with Gasteiger partial charge >= 0.3 is 5.63 Å². The first kappa shape index (κ1) is 14.4.